The molecule has 6 N–H and O–H groups in total. The highest BCUT2D eigenvalue weighted by atomic mass is 35.5. The lowest BCUT2D eigenvalue weighted by Crippen LogP contribution is -2.21. The van der Waals surface area contributed by atoms with E-state index in [1.165, 1.54) is 0 Å². The Kier molecular flexibility index (Phi) is 27.4. The predicted molar refractivity (Wildman–Crippen MR) is 35.7 cm³/mol. The van der Waals surface area contributed by atoms with E-state index in [4.69, 9.17) is 10.5 Å². The molecule has 0 atom stereocenters. The molecule has 0 unspecified atom stereocenters. The van der Waals surface area contributed by atoms with Crippen LogP contribution in [0.1, 0.15) is 0 Å². The molecule has 56 valence electrons. The molecule has 0 spiro atoms. The van der Waals surface area contributed by atoms with Gasteiger partial charge in [0.1, 0.15) is 0 Å². The first-order valence-electron chi connectivity index (χ1n) is 1.82. The molecule has 6 heteroatoms. The number of hydrogen-bond donors (Lipinski definition) is 3. The maximum absolute atomic E-state index is 9.47. The second-order valence-electron chi connectivity index (χ2n) is 0.807. The van der Waals surface area contributed by atoms with Crippen LogP contribution in [0.4, 0.5) is 0 Å². The van der Waals surface area contributed by atoms with Gasteiger partial charge in [0, 0.05) is 0 Å². The molecule has 0 heterocycles. The van der Waals surface area contributed by atoms with E-state index in [9.17, 15) is 4.79 Å². The Bertz CT molecular complexity index is 77.5. The highest BCUT2D eigenvalue weighted by Crippen LogP contribution is 1.36. The number of carbonyl (C=O) groups is 2. The molecular formula is C3H10ClN3O2. The summed E-state index contributed by atoms with van der Waals surface area (Å²) >= 11 is 0. The minimum absolute atomic E-state index is 0. The third kappa shape index (κ3) is 137. The lowest BCUT2D eigenvalue weighted by Gasteiger charge is -1.74. The molecule has 0 radical (unpaired) electrons. The third-order valence-electron chi connectivity index (χ3n) is 0.201. The molecule has 0 fully saturated rings. The van der Waals surface area contributed by atoms with E-state index in [0.717, 1.165) is 0 Å². The van der Waals surface area contributed by atoms with Gasteiger partial charge in [0.2, 0.25) is 12.3 Å². The van der Waals surface area contributed by atoms with Crippen LogP contribution in [0.5, 0.6) is 0 Å². The van der Waals surface area contributed by atoms with Gasteiger partial charge in [0.05, 0.1) is 6.54 Å². The fourth-order valence-corrected chi connectivity index (χ4v) is 0. The first kappa shape index (κ1) is 15.7. The predicted octanol–water partition coefficient (Wildman–Crippen LogP) is -2.05. The van der Waals surface area contributed by atoms with Crippen molar-refractivity contribution in [2.75, 3.05) is 6.54 Å². The van der Waals surface area contributed by atoms with Gasteiger partial charge in [-0.15, -0.1) is 12.4 Å². The Balaban J connectivity index is -0.0000000800. The van der Waals surface area contributed by atoms with Crippen molar-refractivity contribution in [1.29, 1.82) is 0 Å². The zero-order valence-electron chi connectivity index (χ0n) is 4.74. The van der Waals surface area contributed by atoms with Crippen molar-refractivity contribution in [1.82, 2.24) is 0 Å². The molecule has 0 saturated carbocycles. The monoisotopic (exact) mass is 155 g/mol. The Morgan fingerprint density at radius 3 is 1.67 bits per heavy atom. The summed E-state index contributed by atoms with van der Waals surface area (Å²) in [6.45, 7) is -0.0556. The van der Waals surface area contributed by atoms with E-state index in [-0.39, 0.29) is 25.4 Å². The first-order valence-corrected chi connectivity index (χ1v) is 1.82. The van der Waals surface area contributed by atoms with Crippen LogP contribution in [0.3, 0.4) is 0 Å². The van der Waals surface area contributed by atoms with E-state index in [1.54, 1.807) is 0 Å². The van der Waals surface area contributed by atoms with Crippen molar-refractivity contribution in [2.24, 2.45) is 17.2 Å². The second kappa shape index (κ2) is 15.7. The largest absolute Gasteiger partial charge is 0.372 e. The molecule has 5 nitrogen and oxygen atoms in total. The van der Waals surface area contributed by atoms with E-state index < -0.39 is 5.91 Å². The smallest absolute Gasteiger partial charge is 0.231 e. The number of hydrogen-bond acceptors (Lipinski definition) is 3. The van der Waals surface area contributed by atoms with Crippen molar-refractivity contribution >= 4 is 24.7 Å². The van der Waals surface area contributed by atoms with Gasteiger partial charge >= 0.3 is 0 Å². The fourth-order valence-electron chi connectivity index (χ4n) is 0. The number of rotatable bonds is 1. The van der Waals surface area contributed by atoms with E-state index in [2.05, 4.69) is 11.5 Å². The summed E-state index contributed by atoms with van der Waals surface area (Å²) in [6.07, 6.45) is 0.250. The van der Waals surface area contributed by atoms with Crippen molar-refractivity contribution in [3.05, 3.63) is 0 Å². The van der Waals surface area contributed by atoms with Gasteiger partial charge in [0.15, 0.2) is 0 Å². The summed E-state index contributed by atoms with van der Waals surface area (Å²) in [5.74, 6) is -0.468. The van der Waals surface area contributed by atoms with Crippen LogP contribution in [0.2, 0.25) is 0 Å². The van der Waals surface area contributed by atoms with Crippen LogP contribution in [-0.4, -0.2) is 18.9 Å². The maximum atomic E-state index is 9.47. The number of carbonyl (C=O) groups excluding carboxylic acids is 2. The van der Waals surface area contributed by atoms with Gasteiger partial charge in [-0.25, -0.2) is 0 Å². The lowest BCUT2D eigenvalue weighted by atomic mass is 10.7. The summed E-state index contributed by atoms with van der Waals surface area (Å²) in [5.41, 5.74) is 13.4. The average Bonchev–Trinajstić information content (AvgIpc) is 1.69. The molecule has 9 heavy (non-hydrogen) atoms. The number of amides is 2. The van der Waals surface area contributed by atoms with Gasteiger partial charge in [-0.1, -0.05) is 0 Å². The van der Waals surface area contributed by atoms with Gasteiger partial charge in [-0.05, 0) is 0 Å². The van der Waals surface area contributed by atoms with E-state index in [0.29, 0.717) is 0 Å². The SMILES string of the molecule is Cl.NC=O.NCC(N)=O. The van der Waals surface area contributed by atoms with Gasteiger partial charge in [-0.2, -0.15) is 0 Å². The number of primary amides is 2. The third-order valence-corrected chi connectivity index (χ3v) is 0.201. The van der Waals surface area contributed by atoms with Crippen LogP contribution >= 0.6 is 12.4 Å². The first-order chi connectivity index (χ1) is 3.68. The van der Waals surface area contributed by atoms with Crippen molar-refractivity contribution in [3.63, 3.8) is 0 Å². The van der Waals surface area contributed by atoms with Gasteiger partial charge < -0.3 is 17.2 Å². The maximum Gasteiger partial charge on any atom is 0.231 e. The Morgan fingerprint density at radius 2 is 1.67 bits per heavy atom. The van der Waals surface area contributed by atoms with Crippen molar-refractivity contribution in [3.8, 4) is 0 Å². The molecule has 0 saturated heterocycles. The minimum Gasteiger partial charge on any atom is -0.372 e. The van der Waals surface area contributed by atoms with E-state index in [1.807, 2.05) is 0 Å². The van der Waals surface area contributed by atoms with Gasteiger partial charge in [-0.3, -0.25) is 9.59 Å². The molecule has 0 aromatic carbocycles. The minimum atomic E-state index is -0.468. The zero-order valence-corrected chi connectivity index (χ0v) is 5.56. The highest BCUT2D eigenvalue weighted by molar-refractivity contribution is 5.85. The molecule has 2 amide bonds. The topological polar surface area (TPSA) is 112 Å². The summed E-state index contributed by atoms with van der Waals surface area (Å²) < 4.78 is 0. The molecular weight excluding hydrogens is 146 g/mol. The summed E-state index contributed by atoms with van der Waals surface area (Å²) in [5, 5.41) is 0. The van der Waals surface area contributed by atoms with Crippen molar-refractivity contribution in [2.45, 2.75) is 0 Å². The molecule has 0 rings (SSSR count). The molecule has 0 aliphatic heterocycles. The summed E-state index contributed by atoms with van der Waals surface area (Å²) in [4.78, 5) is 18.0. The normalized spacial score (nSPS) is 5.44. The Labute approximate surface area is 59.0 Å². The second-order valence-corrected chi connectivity index (χ2v) is 0.807. The Morgan fingerprint density at radius 1 is 1.56 bits per heavy atom. The number of halogens is 1. The summed E-state index contributed by atoms with van der Waals surface area (Å²) in [6, 6.07) is 0. The van der Waals surface area contributed by atoms with Gasteiger partial charge in [0.25, 0.3) is 0 Å². The fraction of sp³-hybridized carbons (Fsp3) is 0.333. The van der Waals surface area contributed by atoms with Crippen LogP contribution in [-0.2, 0) is 9.59 Å². The van der Waals surface area contributed by atoms with E-state index >= 15 is 0 Å². The lowest BCUT2D eigenvalue weighted by molar-refractivity contribution is -0.116. The molecule has 0 aromatic rings. The summed E-state index contributed by atoms with van der Waals surface area (Å²) in [7, 11) is 0. The quantitative estimate of drug-likeness (QED) is 0.379. The standard InChI is InChI=1S/C2H6N2O.CH3NO.ClH/c3-1-2(4)5;2-1-3;/h1,3H2,(H2,4,5);1H,(H2,2,3);1H. The molecule has 0 aromatic heterocycles. The number of nitrogens with two attached hydrogens (primary N) is 3. The van der Waals surface area contributed by atoms with Crippen LogP contribution < -0.4 is 17.2 Å². The molecule has 0 bridgehead atoms. The Hall–Kier alpha value is -0.810. The van der Waals surface area contributed by atoms with Crippen LogP contribution in [0.15, 0.2) is 0 Å². The highest BCUT2D eigenvalue weighted by Gasteiger charge is 1.77. The zero-order chi connectivity index (χ0) is 6.99. The molecule has 0 aliphatic rings. The van der Waals surface area contributed by atoms with Crippen LogP contribution in [0.25, 0.3) is 0 Å². The van der Waals surface area contributed by atoms with Crippen molar-refractivity contribution < 1.29 is 9.59 Å². The van der Waals surface area contributed by atoms with Crippen LogP contribution in [0, 0.1) is 0 Å². The molecule has 0 aliphatic carbocycles. The average molecular weight is 156 g/mol.